The quantitative estimate of drug-likeness (QED) is 0.866. The lowest BCUT2D eigenvalue weighted by molar-refractivity contribution is -0.0166. The first-order valence-corrected chi connectivity index (χ1v) is 8.13. The Balaban J connectivity index is 1.64. The van der Waals surface area contributed by atoms with Gasteiger partial charge in [0.1, 0.15) is 0 Å². The molecule has 0 saturated carbocycles. The van der Waals surface area contributed by atoms with Crippen LogP contribution in [0, 0.1) is 0 Å². The molecule has 0 aromatic carbocycles. The van der Waals surface area contributed by atoms with E-state index in [1.165, 1.54) is 0 Å². The van der Waals surface area contributed by atoms with Gasteiger partial charge in [0.25, 0.3) is 0 Å². The van der Waals surface area contributed by atoms with E-state index < -0.39 is 0 Å². The number of carbonyl (C=O) groups is 1. The maximum atomic E-state index is 12.6. The number of hydrogen-bond donors (Lipinski definition) is 1. The lowest BCUT2D eigenvalue weighted by Crippen LogP contribution is -2.66. The highest BCUT2D eigenvalue weighted by molar-refractivity contribution is 5.90. The number of likely N-dealkylation sites (tertiary alicyclic amines) is 2. The first-order chi connectivity index (χ1) is 10.3. The van der Waals surface area contributed by atoms with Gasteiger partial charge in [-0.25, -0.2) is 4.79 Å². The van der Waals surface area contributed by atoms with Gasteiger partial charge in [-0.05, 0) is 47.1 Å². The molecule has 0 atom stereocenters. The van der Waals surface area contributed by atoms with Gasteiger partial charge in [-0.2, -0.15) is 5.10 Å². The molecule has 6 nitrogen and oxygen atoms in total. The summed E-state index contributed by atoms with van der Waals surface area (Å²) in [5.74, 6) is 0. The van der Waals surface area contributed by atoms with Crippen molar-refractivity contribution in [3.63, 3.8) is 0 Å². The lowest BCUT2D eigenvalue weighted by Gasteiger charge is -2.55. The van der Waals surface area contributed by atoms with E-state index in [0.717, 1.165) is 44.6 Å². The predicted octanol–water partition coefficient (Wildman–Crippen LogP) is 2.34. The Labute approximate surface area is 132 Å². The van der Waals surface area contributed by atoms with E-state index in [4.69, 9.17) is 0 Å². The molecule has 6 heteroatoms. The van der Waals surface area contributed by atoms with E-state index in [0.29, 0.717) is 0 Å². The summed E-state index contributed by atoms with van der Waals surface area (Å²) in [5.41, 5.74) is 0.792. The molecule has 3 rings (SSSR count). The minimum Gasteiger partial charge on any atom is -0.319 e. The summed E-state index contributed by atoms with van der Waals surface area (Å²) < 4.78 is 1.88. The highest BCUT2D eigenvalue weighted by Gasteiger charge is 2.48. The van der Waals surface area contributed by atoms with Crippen molar-refractivity contribution < 1.29 is 4.79 Å². The fourth-order valence-electron chi connectivity index (χ4n) is 3.36. The Bertz CT molecular complexity index is 551. The van der Waals surface area contributed by atoms with Crippen LogP contribution in [0.15, 0.2) is 12.4 Å². The molecule has 22 heavy (non-hydrogen) atoms. The Morgan fingerprint density at radius 1 is 1.23 bits per heavy atom. The maximum Gasteiger partial charge on any atom is 0.322 e. The molecule has 0 aliphatic carbocycles. The van der Waals surface area contributed by atoms with Gasteiger partial charge in [-0.3, -0.25) is 4.68 Å². The fourth-order valence-corrected chi connectivity index (χ4v) is 3.36. The van der Waals surface area contributed by atoms with E-state index in [1.807, 2.05) is 15.8 Å². The third kappa shape index (κ3) is 2.72. The highest BCUT2D eigenvalue weighted by Crippen LogP contribution is 2.39. The summed E-state index contributed by atoms with van der Waals surface area (Å²) in [5, 5.41) is 7.34. The average Bonchev–Trinajstić information content (AvgIpc) is 2.87. The molecular formula is C16H27N5O. The topological polar surface area (TPSA) is 53.4 Å². The standard InChI is InChI=1S/C16H27N5O/c1-15(2,3)21-12-13(11-17-21)18-14(22)20-10-7-16(20)5-8-19(4)9-6-16/h11-12H,5-10H2,1-4H3,(H,18,22). The summed E-state index contributed by atoms with van der Waals surface area (Å²) in [7, 11) is 2.15. The lowest BCUT2D eigenvalue weighted by atomic mass is 9.77. The molecule has 2 saturated heterocycles. The van der Waals surface area contributed by atoms with Crippen LogP contribution in [0.2, 0.25) is 0 Å². The molecule has 2 fully saturated rings. The van der Waals surface area contributed by atoms with Gasteiger partial charge in [0.05, 0.1) is 17.4 Å². The fraction of sp³-hybridized carbons (Fsp3) is 0.750. The third-order valence-corrected chi connectivity index (χ3v) is 5.06. The Morgan fingerprint density at radius 2 is 1.86 bits per heavy atom. The minimum atomic E-state index is -0.0745. The second-order valence-electron chi connectivity index (χ2n) is 7.70. The van der Waals surface area contributed by atoms with Crippen LogP contribution in [-0.4, -0.2) is 57.8 Å². The van der Waals surface area contributed by atoms with E-state index in [9.17, 15) is 4.79 Å². The zero-order valence-corrected chi connectivity index (χ0v) is 14.1. The molecular weight excluding hydrogens is 278 g/mol. The number of amides is 2. The van der Waals surface area contributed by atoms with Crippen molar-refractivity contribution in [2.45, 2.75) is 51.1 Å². The SMILES string of the molecule is CN1CCC2(CC1)CCN2C(=O)Nc1cnn(C(C)(C)C)c1. The normalized spacial score (nSPS) is 21.7. The van der Waals surface area contributed by atoms with Gasteiger partial charge < -0.3 is 15.1 Å². The predicted molar refractivity (Wildman–Crippen MR) is 87.0 cm³/mol. The van der Waals surface area contributed by atoms with Crippen LogP contribution < -0.4 is 5.32 Å². The van der Waals surface area contributed by atoms with Crippen molar-refractivity contribution in [2.24, 2.45) is 0 Å². The number of nitrogens with one attached hydrogen (secondary N) is 1. The van der Waals surface area contributed by atoms with Gasteiger partial charge in [0.15, 0.2) is 0 Å². The van der Waals surface area contributed by atoms with Gasteiger partial charge >= 0.3 is 6.03 Å². The van der Waals surface area contributed by atoms with E-state index >= 15 is 0 Å². The van der Waals surface area contributed by atoms with Crippen LogP contribution >= 0.6 is 0 Å². The molecule has 0 unspecified atom stereocenters. The Hall–Kier alpha value is -1.56. The number of anilines is 1. The summed E-state index contributed by atoms with van der Waals surface area (Å²) in [6.07, 6.45) is 6.93. The average molecular weight is 305 g/mol. The van der Waals surface area contributed by atoms with E-state index in [1.54, 1.807) is 6.20 Å². The van der Waals surface area contributed by atoms with Gasteiger partial charge in [0, 0.05) is 31.4 Å². The van der Waals surface area contributed by atoms with Crippen molar-refractivity contribution in [3.8, 4) is 0 Å². The molecule has 2 aliphatic rings. The number of carbonyl (C=O) groups excluding carboxylic acids is 1. The maximum absolute atomic E-state index is 12.6. The van der Waals surface area contributed by atoms with Crippen molar-refractivity contribution in [2.75, 3.05) is 32.0 Å². The molecule has 0 bridgehead atoms. The molecule has 1 N–H and O–H groups in total. The second-order valence-corrected chi connectivity index (χ2v) is 7.70. The summed E-state index contributed by atoms with van der Waals surface area (Å²) in [4.78, 5) is 16.9. The van der Waals surface area contributed by atoms with Crippen molar-refractivity contribution in [1.82, 2.24) is 19.6 Å². The summed E-state index contributed by atoms with van der Waals surface area (Å²) >= 11 is 0. The molecule has 122 valence electrons. The molecule has 1 aromatic rings. The van der Waals surface area contributed by atoms with Gasteiger partial charge in [0.2, 0.25) is 0 Å². The molecule has 3 heterocycles. The minimum absolute atomic E-state index is 0.0178. The summed E-state index contributed by atoms with van der Waals surface area (Å²) in [6.45, 7) is 9.29. The molecule has 2 amide bonds. The van der Waals surface area contributed by atoms with Crippen LogP contribution in [-0.2, 0) is 5.54 Å². The van der Waals surface area contributed by atoms with Crippen molar-refractivity contribution in [1.29, 1.82) is 0 Å². The molecule has 0 radical (unpaired) electrons. The number of nitrogens with zero attached hydrogens (tertiary/aromatic N) is 4. The van der Waals surface area contributed by atoms with Gasteiger partial charge in [-0.15, -0.1) is 0 Å². The molecule has 1 spiro atoms. The largest absolute Gasteiger partial charge is 0.322 e. The van der Waals surface area contributed by atoms with Gasteiger partial charge in [-0.1, -0.05) is 0 Å². The zero-order valence-electron chi connectivity index (χ0n) is 14.1. The number of rotatable bonds is 1. The second kappa shape index (κ2) is 5.26. The Morgan fingerprint density at radius 3 is 2.36 bits per heavy atom. The smallest absolute Gasteiger partial charge is 0.319 e. The first-order valence-electron chi connectivity index (χ1n) is 8.13. The van der Waals surface area contributed by atoms with Crippen molar-refractivity contribution >= 4 is 11.7 Å². The molecule has 1 aromatic heterocycles. The monoisotopic (exact) mass is 305 g/mol. The highest BCUT2D eigenvalue weighted by atomic mass is 16.2. The molecule has 2 aliphatic heterocycles. The number of urea groups is 1. The van der Waals surface area contributed by atoms with Crippen LogP contribution in [0.25, 0.3) is 0 Å². The van der Waals surface area contributed by atoms with Crippen LogP contribution in [0.5, 0.6) is 0 Å². The first kappa shape index (κ1) is 15.3. The van der Waals surface area contributed by atoms with E-state index in [-0.39, 0.29) is 17.1 Å². The van der Waals surface area contributed by atoms with Crippen LogP contribution in [0.1, 0.15) is 40.0 Å². The van der Waals surface area contributed by atoms with Crippen LogP contribution in [0.3, 0.4) is 0 Å². The third-order valence-electron chi connectivity index (χ3n) is 5.06. The van der Waals surface area contributed by atoms with Crippen molar-refractivity contribution in [3.05, 3.63) is 12.4 Å². The van der Waals surface area contributed by atoms with Crippen LogP contribution in [0.4, 0.5) is 10.5 Å². The number of aromatic nitrogens is 2. The van der Waals surface area contributed by atoms with E-state index in [2.05, 4.69) is 43.1 Å². The number of piperidine rings is 1. The summed E-state index contributed by atoms with van der Waals surface area (Å²) in [6, 6.07) is 0.0178. The zero-order chi connectivity index (χ0) is 16.0. The number of hydrogen-bond acceptors (Lipinski definition) is 3. The Kier molecular flexibility index (Phi) is 3.67.